The number of nitrogens with one attached hydrogen (secondary N) is 2. The monoisotopic (exact) mass is 401 g/mol. The van der Waals surface area contributed by atoms with Crippen LogP contribution in [0.5, 0.6) is 23.0 Å². The molecule has 0 aliphatic carbocycles. The topological polar surface area (TPSA) is 112 Å². The molecule has 4 N–H and O–H groups in total. The summed E-state index contributed by atoms with van der Waals surface area (Å²) >= 11 is 0. The third-order valence-corrected chi connectivity index (χ3v) is 4.38. The maximum absolute atomic E-state index is 12.7. The molecule has 0 atom stereocenters. The summed E-state index contributed by atoms with van der Waals surface area (Å²) in [5.41, 5.74) is 5.77. The van der Waals surface area contributed by atoms with Crippen molar-refractivity contribution in [3.8, 4) is 23.0 Å². The van der Waals surface area contributed by atoms with Gasteiger partial charge >= 0.3 is 0 Å². The fourth-order valence-corrected chi connectivity index (χ4v) is 2.77. The van der Waals surface area contributed by atoms with Crippen molar-refractivity contribution >= 4 is 11.8 Å². The Morgan fingerprint density at radius 1 is 1.00 bits per heavy atom. The average Bonchev–Trinajstić information content (AvgIpc) is 2.72. The molecule has 0 heterocycles. The van der Waals surface area contributed by atoms with E-state index in [1.54, 1.807) is 57.4 Å². The Morgan fingerprint density at radius 3 is 2.24 bits per heavy atom. The molecular formula is C21H27N3O5. The number of carbonyl (C=O) groups is 2. The van der Waals surface area contributed by atoms with Crippen molar-refractivity contribution in [2.75, 3.05) is 21.3 Å². The van der Waals surface area contributed by atoms with Gasteiger partial charge in [0.25, 0.3) is 5.91 Å². The van der Waals surface area contributed by atoms with Gasteiger partial charge in [0.1, 0.15) is 17.0 Å². The quantitative estimate of drug-likeness (QED) is 0.625. The number of likely N-dealkylation sites (N-methyl/N-ethyl adjacent to an activating group) is 1. The molecule has 156 valence electrons. The predicted molar refractivity (Wildman–Crippen MR) is 110 cm³/mol. The highest BCUT2D eigenvalue weighted by Gasteiger charge is 2.29. The number of hydrogen-bond donors (Lipinski definition) is 3. The van der Waals surface area contributed by atoms with Crippen molar-refractivity contribution in [2.45, 2.75) is 25.9 Å². The number of benzene rings is 2. The smallest absolute Gasteiger partial charge is 0.252 e. The Labute approximate surface area is 170 Å². The molecule has 0 bridgehead atoms. The van der Waals surface area contributed by atoms with E-state index in [9.17, 15) is 9.59 Å². The number of ether oxygens (including phenoxy) is 3. The van der Waals surface area contributed by atoms with Crippen LogP contribution in [0.4, 0.5) is 0 Å². The first-order valence-corrected chi connectivity index (χ1v) is 9.04. The van der Waals surface area contributed by atoms with E-state index in [1.807, 2.05) is 0 Å². The molecule has 0 aliphatic heterocycles. The zero-order chi connectivity index (χ0) is 21.6. The maximum Gasteiger partial charge on any atom is 0.252 e. The first-order valence-electron chi connectivity index (χ1n) is 9.04. The molecule has 0 saturated heterocycles. The van der Waals surface area contributed by atoms with Crippen LogP contribution in [0.2, 0.25) is 0 Å². The summed E-state index contributed by atoms with van der Waals surface area (Å²) in [4.78, 5) is 24.6. The van der Waals surface area contributed by atoms with Gasteiger partial charge in [0, 0.05) is 19.2 Å². The lowest BCUT2D eigenvalue weighted by molar-refractivity contribution is -0.125. The van der Waals surface area contributed by atoms with E-state index in [0.717, 1.165) is 0 Å². The number of amides is 2. The number of hydrogen-bond acceptors (Lipinski definition) is 6. The third kappa shape index (κ3) is 4.97. The zero-order valence-electron chi connectivity index (χ0n) is 17.3. The summed E-state index contributed by atoms with van der Waals surface area (Å²) in [7, 11) is 4.57. The first-order chi connectivity index (χ1) is 13.8. The molecule has 2 aromatic carbocycles. The van der Waals surface area contributed by atoms with Crippen LogP contribution in [0.1, 0.15) is 29.8 Å². The number of rotatable bonds is 8. The molecule has 0 saturated carbocycles. The van der Waals surface area contributed by atoms with Crippen LogP contribution in [-0.2, 0) is 11.3 Å². The number of carbonyl (C=O) groups excluding carboxylic acids is 2. The first kappa shape index (κ1) is 22.0. The van der Waals surface area contributed by atoms with Crippen molar-refractivity contribution in [1.29, 1.82) is 0 Å². The fourth-order valence-electron chi connectivity index (χ4n) is 2.77. The minimum atomic E-state index is -1.08. The van der Waals surface area contributed by atoms with E-state index in [2.05, 4.69) is 10.6 Å². The molecule has 0 unspecified atom stereocenters. The second-order valence-electron chi connectivity index (χ2n) is 6.77. The molecule has 0 aromatic heterocycles. The molecule has 0 spiro atoms. The Hall–Kier alpha value is -3.26. The van der Waals surface area contributed by atoms with Crippen molar-refractivity contribution in [3.63, 3.8) is 0 Å². The van der Waals surface area contributed by atoms with Gasteiger partial charge in [-0.3, -0.25) is 9.59 Å². The SMILES string of the molecule is CNC(=O)C(C)(C)NC(=O)c1ccc(OC)c(Oc2cccc(OC)c2CN)c1. The van der Waals surface area contributed by atoms with Crippen molar-refractivity contribution < 1.29 is 23.8 Å². The Balaban J connectivity index is 2.37. The highest BCUT2D eigenvalue weighted by molar-refractivity contribution is 5.99. The predicted octanol–water partition coefficient (Wildman–Crippen LogP) is 2.21. The summed E-state index contributed by atoms with van der Waals surface area (Å²) < 4.78 is 16.7. The van der Waals surface area contributed by atoms with E-state index < -0.39 is 11.4 Å². The summed E-state index contributed by atoms with van der Waals surface area (Å²) in [6.45, 7) is 3.45. The van der Waals surface area contributed by atoms with E-state index in [4.69, 9.17) is 19.9 Å². The van der Waals surface area contributed by atoms with Crippen molar-refractivity contribution in [3.05, 3.63) is 47.5 Å². The fraction of sp³-hybridized carbons (Fsp3) is 0.333. The minimum absolute atomic E-state index is 0.210. The van der Waals surface area contributed by atoms with Gasteiger partial charge in [0.2, 0.25) is 5.91 Å². The Morgan fingerprint density at radius 2 is 1.66 bits per heavy atom. The van der Waals surface area contributed by atoms with E-state index in [0.29, 0.717) is 34.1 Å². The lowest BCUT2D eigenvalue weighted by Gasteiger charge is -2.24. The van der Waals surface area contributed by atoms with Gasteiger partial charge in [0.05, 0.1) is 19.8 Å². The zero-order valence-corrected chi connectivity index (χ0v) is 17.3. The third-order valence-electron chi connectivity index (χ3n) is 4.38. The molecule has 8 heteroatoms. The molecular weight excluding hydrogens is 374 g/mol. The van der Waals surface area contributed by atoms with Gasteiger partial charge in [-0.2, -0.15) is 0 Å². The average molecular weight is 401 g/mol. The highest BCUT2D eigenvalue weighted by Crippen LogP contribution is 2.36. The van der Waals surface area contributed by atoms with E-state index in [1.165, 1.54) is 14.2 Å². The summed E-state index contributed by atoms with van der Waals surface area (Å²) in [6, 6.07) is 10.1. The van der Waals surface area contributed by atoms with E-state index >= 15 is 0 Å². The second kappa shape index (κ2) is 9.29. The number of methoxy groups -OCH3 is 2. The molecule has 29 heavy (non-hydrogen) atoms. The lowest BCUT2D eigenvalue weighted by Crippen LogP contribution is -2.53. The van der Waals surface area contributed by atoms with Crippen LogP contribution in [0.25, 0.3) is 0 Å². The highest BCUT2D eigenvalue weighted by atomic mass is 16.5. The molecule has 0 aliphatic rings. The van der Waals surface area contributed by atoms with Gasteiger partial charge in [0.15, 0.2) is 11.5 Å². The lowest BCUT2D eigenvalue weighted by atomic mass is 10.0. The molecule has 0 radical (unpaired) electrons. The minimum Gasteiger partial charge on any atom is -0.496 e. The molecule has 2 amide bonds. The molecule has 2 aromatic rings. The molecule has 8 nitrogen and oxygen atoms in total. The van der Waals surface area contributed by atoms with E-state index in [-0.39, 0.29) is 12.5 Å². The standard InChI is InChI=1S/C21H27N3O5/c1-21(2,20(26)23-3)24-19(25)13-9-10-17(28-5)18(11-13)29-16-8-6-7-15(27-4)14(16)12-22/h6-11H,12,22H2,1-5H3,(H,23,26)(H,24,25). The second-order valence-corrected chi connectivity index (χ2v) is 6.77. The van der Waals surface area contributed by atoms with Gasteiger partial charge in [-0.15, -0.1) is 0 Å². The van der Waals surface area contributed by atoms with Crippen molar-refractivity contribution in [1.82, 2.24) is 10.6 Å². The molecule has 0 fully saturated rings. The number of nitrogens with two attached hydrogens (primary N) is 1. The summed E-state index contributed by atoms with van der Waals surface area (Å²) in [6.07, 6.45) is 0. The van der Waals surface area contributed by atoms with Crippen LogP contribution in [-0.4, -0.2) is 38.6 Å². The van der Waals surface area contributed by atoms with Crippen LogP contribution in [0.3, 0.4) is 0 Å². The van der Waals surface area contributed by atoms with Gasteiger partial charge in [-0.25, -0.2) is 0 Å². The Kier molecular flexibility index (Phi) is 7.06. The van der Waals surface area contributed by atoms with Gasteiger partial charge in [-0.05, 0) is 44.2 Å². The van der Waals surface area contributed by atoms with Crippen LogP contribution in [0.15, 0.2) is 36.4 Å². The summed E-state index contributed by atoms with van der Waals surface area (Å²) in [5, 5.41) is 5.23. The van der Waals surface area contributed by atoms with Crippen LogP contribution in [0, 0.1) is 0 Å². The van der Waals surface area contributed by atoms with Crippen molar-refractivity contribution in [2.24, 2.45) is 5.73 Å². The van der Waals surface area contributed by atoms with Crippen LogP contribution >= 0.6 is 0 Å². The Bertz CT molecular complexity index is 896. The van der Waals surface area contributed by atoms with Crippen LogP contribution < -0.4 is 30.6 Å². The largest absolute Gasteiger partial charge is 0.496 e. The van der Waals surface area contributed by atoms with Gasteiger partial charge < -0.3 is 30.6 Å². The van der Waals surface area contributed by atoms with Gasteiger partial charge in [-0.1, -0.05) is 6.07 Å². The summed E-state index contributed by atoms with van der Waals surface area (Å²) in [5.74, 6) is 1.15. The molecule has 2 rings (SSSR count). The maximum atomic E-state index is 12.7. The normalized spacial score (nSPS) is 10.8.